The first-order chi connectivity index (χ1) is 6.82. The summed E-state index contributed by atoms with van der Waals surface area (Å²) in [6, 6.07) is 2.38. The minimum absolute atomic E-state index is 0.0700. The monoisotopic (exact) mass is 226 g/mol. The molecule has 3 heteroatoms. The summed E-state index contributed by atoms with van der Waals surface area (Å²) in [7, 11) is 0. The number of halogens is 1. The quantitative estimate of drug-likeness (QED) is 0.764. The highest BCUT2D eigenvalue weighted by molar-refractivity contribution is 6.30. The van der Waals surface area contributed by atoms with E-state index >= 15 is 0 Å². The first kappa shape index (κ1) is 12.3. The molecule has 1 aromatic heterocycles. The molecule has 1 rings (SSSR count). The van der Waals surface area contributed by atoms with Gasteiger partial charge in [-0.2, -0.15) is 0 Å². The van der Waals surface area contributed by atoms with Crippen molar-refractivity contribution in [3.63, 3.8) is 0 Å². The molecule has 0 amide bonds. The van der Waals surface area contributed by atoms with Gasteiger partial charge in [-0.1, -0.05) is 11.6 Å². The van der Waals surface area contributed by atoms with Crippen LogP contribution >= 0.6 is 11.6 Å². The summed E-state index contributed by atoms with van der Waals surface area (Å²) in [4.78, 5) is 6.44. The Balaban J connectivity index is 3.11. The van der Waals surface area contributed by atoms with Crippen LogP contribution in [0.3, 0.4) is 0 Å². The summed E-state index contributed by atoms with van der Waals surface area (Å²) in [5.74, 6) is 0. The van der Waals surface area contributed by atoms with Crippen LogP contribution in [-0.2, 0) is 0 Å². The van der Waals surface area contributed by atoms with Gasteiger partial charge < -0.3 is 4.90 Å². The minimum Gasteiger partial charge on any atom is -0.363 e. The SMILES string of the molecule is CC(C)N(c1cncc(Cl)c1)C(C)(C)C. The molecule has 0 aliphatic rings. The fraction of sp³-hybridized carbons (Fsp3) is 0.583. The lowest BCUT2D eigenvalue weighted by Crippen LogP contribution is -2.46. The summed E-state index contributed by atoms with van der Waals surface area (Å²) >= 11 is 5.95. The second-order valence-corrected chi connectivity index (χ2v) is 5.43. The number of anilines is 1. The zero-order valence-electron chi connectivity index (χ0n) is 10.1. The number of hydrogen-bond acceptors (Lipinski definition) is 2. The Hall–Kier alpha value is -0.760. The lowest BCUT2D eigenvalue weighted by atomic mass is 10.0. The van der Waals surface area contributed by atoms with Crippen molar-refractivity contribution in [2.45, 2.75) is 46.2 Å². The molecule has 0 aliphatic heterocycles. The van der Waals surface area contributed by atoms with Gasteiger partial charge in [0.2, 0.25) is 0 Å². The van der Waals surface area contributed by atoms with Crippen molar-refractivity contribution in [1.29, 1.82) is 0 Å². The molecule has 0 saturated carbocycles. The Morgan fingerprint density at radius 3 is 2.27 bits per heavy atom. The molecule has 0 radical (unpaired) electrons. The normalized spacial score (nSPS) is 11.9. The highest BCUT2D eigenvalue weighted by atomic mass is 35.5. The smallest absolute Gasteiger partial charge is 0.0609 e. The third-order valence-corrected chi connectivity index (χ3v) is 2.41. The predicted octanol–water partition coefficient (Wildman–Crippen LogP) is 3.75. The van der Waals surface area contributed by atoms with E-state index in [1.165, 1.54) is 0 Å². The van der Waals surface area contributed by atoms with E-state index in [0.717, 1.165) is 5.69 Å². The Labute approximate surface area is 97.3 Å². The molecular formula is C12H19ClN2. The molecule has 0 spiro atoms. The Kier molecular flexibility index (Phi) is 3.61. The zero-order chi connectivity index (χ0) is 11.6. The molecule has 1 heterocycles. The molecule has 1 aromatic rings. The first-order valence-corrected chi connectivity index (χ1v) is 5.60. The number of rotatable bonds is 2. The number of nitrogens with zero attached hydrogens (tertiary/aromatic N) is 2. The average Bonchev–Trinajstić information content (AvgIpc) is 1.99. The average molecular weight is 227 g/mol. The Bertz CT molecular complexity index is 329. The first-order valence-electron chi connectivity index (χ1n) is 5.22. The van der Waals surface area contributed by atoms with Crippen LogP contribution in [0, 0.1) is 0 Å². The molecule has 0 atom stereocenters. The molecule has 0 aliphatic carbocycles. The lowest BCUT2D eigenvalue weighted by Gasteiger charge is -2.40. The second-order valence-electron chi connectivity index (χ2n) is 5.00. The maximum Gasteiger partial charge on any atom is 0.0609 e. The van der Waals surface area contributed by atoms with E-state index in [4.69, 9.17) is 11.6 Å². The van der Waals surface area contributed by atoms with Crippen LogP contribution in [-0.4, -0.2) is 16.6 Å². The summed E-state index contributed by atoms with van der Waals surface area (Å²) in [5.41, 5.74) is 1.14. The zero-order valence-corrected chi connectivity index (χ0v) is 10.8. The molecule has 2 nitrogen and oxygen atoms in total. The van der Waals surface area contributed by atoms with E-state index < -0.39 is 0 Å². The molecule has 0 fully saturated rings. The van der Waals surface area contributed by atoms with Crippen molar-refractivity contribution >= 4 is 17.3 Å². The van der Waals surface area contributed by atoms with Gasteiger partial charge in [0.25, 0.3) is 0 Å². The molecule has 0 aromatic carbocycles. The van der Waals surface area contributed by atoms with E-state index in [1.54, 1.807) is 6.20 Å². The van der Waals surface area contributed by atoms with E-state index in [-0.39, 0.29) is 5.54 Å². The number of pyridine rings is 1. The van der Waals surface area contributed by atoms with Crippen LogP contribution in [0.2, 0.25) is 5.02 Å². The van der Waals surface area contributed by atoms with Crippen LogP contribution in [0.1, 0.15) is 34.6 Å². The van der Waals surface area contributed by atoms with Crippen molar-refractivity contribution in [3.8, 4) is 0 Å². The van der Waals surface area contributed by atoms with Crippen molar-refractivity contribution in [2.75, 3.05) is 4.90 Å². The van der Waals surface area contributed by atoms with Gasteiger partial charge in [-0.15, -0.1) is 0 Å². The van der Waals surface area contributed by atoms with E-state index in [9.17, 15) is 0 Å². The lowest BCUT2D eigenvalue weighted by molar-refractivity contribution is 0.465. The van der Waals surface area contributed by atoms with Crippen molar-refractivity contribution < 1.29 is 0 Å². The van der Waals surface area contributed by atoms with Gasteiger partial charge in [0, 0.05) is 17.8 Å². The summed E-state index contributed by atoms with van der Waals surface area (Å²) in [6.45, 7) is 10.9. The topological polar surface area (TPSA) is 16.1 Å². The molecule has 15 heavy (non-hydrogen) atoms. The highest BCUT2D eigenvalue weighted by Gasteiger charge is 2.24. The van der Waals surface area contributed by atoms with E-state index in [0.29, 0.717) is 11.1 Å². The Morgan fingerprint density at radius 2 is 1.87 bits per heavy atom. The summed E-state index contributed by atoms with van der Waals surface area (Å²) in [6.07, 6.45) is 3.52. The molecule has 0 bridgehead atoms. The molecule has 0 unspecified atom stereocenters. The van der Waals surface area contributed by atoms with E-state index in [2.05, 4.69) is 44.5 Å². The molecule has 0 saturated heterocycles. The van der Waals surface area contributed by atoms with Gasteiger partial charge in [-0.05, 0) is 40.7 Å². The van der Waals surface area contributed by atoms with Crippen LogP contribution in [0.25, 0.3) is 0 Å². The van der Waals surface area contributed by atoms with Crippen molar-refractivity contribution in [2.24, 2.45) is 0 Å². The van der Waals surface area contributed by atoms with Crippen molar-refractivity contribution in [1.82, 2.24) is 4.98 Å². The molecule has 84 valence electrons. The van der Waals surface area contributed by atoms with E-state index in [1.807, 2.05) is 12.3 Å². The summed E-state index contributed by atoms with van der Waals surface area (Å²) < 4.78 is 0. The fourth-order valence-corrected chi connectivity index (χ4v) is 2.16. The third-order valence-electron chi connectivity index (χ3n) is 2.21. The van der Waals surface area contributed by atoms with Gasteiger partial charge >= 0.3 is 0 Å². The summed E-state index contributed by atoms with van der Waals surface area (Å²) in [5, 5.41) is 0.683. The van der Waals surface area contributed by atoms with Gasteiger partial charge in [-0.25, -0.2) is 0 Å². The van der Waals surface area contributed by atoms with Gasteiger partial charge in [0.1, 0.15) is 0 Å². The molecular weight excluding hydrogens is 208 g/mol. The number of aromatic nitrogens is 1. The highest BCUT2D eigenvalue weighted by Crippen LogP contribution is 2.27. The van der Waals surface area contributed by atoms with Crippen molar-refractivity contribution in [3.05, 3.63) is 23.5 Å². The van der Waals surface area contributed by atoms with Gasteiger partial charge in [-0.3, -0.25) is 4.98 Å². The number of hydrogen-bond donors (Lipinski definition) is 0. The van der Waals surface area contributed by atoms with Crippen LogP contribution in [0.4, 0.5) is 5.69 Å². The third kappa shape index (κ3) is 3.10. The fourth-order valence-electron chi connectivity index (χ4n) is 1.99. The van der Waals surface area contributed by atoms with Crippen LogP contribution in [0.5, 0.6) is 0 Å². The second kappa shape index (κ2) is 4.40. The Morgan fingerprint density at radius 1 is 1.27 bits per heavy atom. The standard InChI is InChI=1S/C12H19ClN2/c1-9(2)15(12(3,4)5)11-6-10(13)7-14-8-11/h6-9H,1-5H3. The maximum atomic E-state index is 5.95. The maximum absolute atomic E-state index is 5.95. The minimum atomic E-state index is 0.0700. The largest absolute Gasteiger partial charge is 0.363 e. The van der Waals surface area contributed by atoms with Gasteiger partial charge in [0.05, 0.1) is 16.9 Å². The molecule has 0 N–H and O–H groups in total. The van der Waals surface area contributed by atoms with Crippen LogP contribution < -0.4 is 4.90 Å². The van der Waals surface area contributed by atoms with Crippen LogP contribution in [0.15, 0.2) is 18.5 Å². The van der Waals surface area contributed by atoms with Gasteiger partial charge in [0.15, 0.2) is 0 Å². The predicted molar refractivity (Wildman–Crippen MR) is 66.6 cm³/mol.